The number of esters is 1. The molecular formula is C16H20N4O2S. The molecule has 7 heteroatoms. The largest absolute Gasteiger partial charge is 0.455 e. The van der Waals surface area contributed by atoms with Crippen molar-refractivity contribution < 1.29 is 9.53 Å². The molecule has 0 N–H and O–H groups in total. The van der Waals surface area contributed by atoms with Crippen molar-refractivity contribution in [3.8, 4) is 0 Å². The fourth-order valence-corrected chi connectivity index (χ4v) is 3.32. The van der Waals surface area contributed by atoms with Crippen LogP contribution >= 0.6 is 11.3 Å². The maximum absolute atomic E-state index is 12.1. The molecule has 0 atom stereocenters. The van der Waals surface area contributed by atoms with Crippen LogP contribution in [0.15, 0.2) is 11.6 Å². The second-order valence-corrected chi connectivity index (χ2v) is 6.55. The molecule has 0 aromatic carbocycles. The summed E-state index contributed by atoms with van der Waals surface area (Å²) in [5.41, 5.74) is 3.97. The van der Waals surface area contributed by atoms with Gasteiger partial charge in [0.15, 0.2) is 0 Å². The molecular weight excluding hydrogens is 312 g/mol. The van der Waals surface area contributed by atoms with E-state index in [1.165, 1.54) is 30.6 Å². The zero-order valence-corrected chi connectivity index (χ0v) is 14.2. The van der Waals surface area contributed by atoms with Gasteiger partial charge in [0.1, 0.15) is 11.5 Å². The number of aromatic nitrogens is 3. The first-order valence-electron chi connectivity index (χ1n) is 7.80. The van der Waals surface area contributed by atoms with Crippen LogP contribution in [0.5, 0.6) is 0 Å². The van der Waals surface area contributed by atoms with Crippen LogP contribution in [0.2, 0.25) is 0 Å². The molecule has 0 spiro atoms. The minimum absolute atomic E-state index is 0.153. The van der Waals surface area contributed by atoms with Gasteiger partial charge < -0.3 is 9.64 Å². The minimum Gasteiger partial charge on any atom is -0.455 e. The van der Waals surface area contributed by atoms with E-state index >= 15 is 0 Å². The smallest absolute Gasteiger partial charge is 0.350 e. The van der Waals surface area contributed by atoms with Crippen molar-refractivity contribution in [1.82, 2.24) is 15.0 Å². The zero-order valence-electron chi connectivity index (χ0n) is 13.4. The molecule has 0 saturated carbocycles. The lowest BCUT2D eigenvalue weighted by atomic mass is 10.1. The first-order chi connectivity index (χ1) is 11.1. The van der Waals surface area contributed by atoms with Crippen molar-refractivity contribution in [1.29, 1.82) is 0 Å². The van der Waals surface area contributed by atoms with Crippen molar-refractivity contribution in [2.45, 2.75) is 39.7 Å². The predicted molar refractivity (Wildman–Crippen MR) is 88.8 cm³/mol. The maximum Gasteiger partial charge on any atom is 0.350 e. The molecule has 23 heavy (non-hydrogen) atoms. The molecule has 0 bridgehead atoms. The van der Waals surface area contributed by atoms with Gasteiger partial charge in [-0.05, 0) is 39.2 Å². The number of carbonyl (C=O) groups excluding carboxylic acids is 1. The van der Waals surface area contributed by atoms with Gasteiger partial charge in [0.2, 0.25) is 5.95 Å². The number of nitrogens with zero attached hydrogens (tertiary/aromatic N) is 4. The van der Waals surface area contributed by atoms with Crippen molar-refractivity contribution in [3.05, 3.63) is 33.5 Å². The van der Waals surface area contributed by atoms with E-state index in [1.807, 2.05) is 13.0 Å². The molecule has 1 aliphatic heterocycles. The van der Waals surface area contributed by atoms with E-state index in [4.69, 9.17) is 4.74 Å². The van der Waals surface area contributed by atoms with Crippen LogP contribution < -0.4 is 4.90 Å². The topological polar surface area (TPSA) is 68.2 Å². The third-order valence-electron chi connectivity index (χ3n) is 3.82. The van der Waals surface area contributed by atoms with E-state index in [-0.39, 0.29) is 12.6 Å². The SMILES string of the molecule is Cc1cc(COC(=O)c2scnc2C)nc(N2CCCCC2)n1. The van der Waals surface area contributed by atoms with Crippen molar-refractivity contribution in [3.63, 3.8) is 0 Å². The molecule has 2 aromatic rings. The van der Waals surface area contributed by atoms with Gasteiger partial charge >= 0.3 is 5.97 Å². The summed E-state index contributed by atoms with van der Waals surface area (Å²) in [6.07, 6.45) is 3.61. The van der Waals surface area contributed by atoms with E-state index in [0.29, 0.717) is 10.6 Å². The summed E-state index contributed by atoms with van der Waals surface area (Å²) in [5, 5.41) is 0. The summed E-state index contributed by atoms with van der Waals surface area (Å²) in [5.74, 6) is 0.394. The Balaban J connectivity index is 1.69. The fraction of sp³-hybridized carbons (Fsp3) is 0.500. The highest BCUT2D eigenvalue weighted by molar-refractivity contribution is 7.11. The second kappa shape index (κ2) is 7.04. The highest BCUT2D eigenvalue weighted by Gasteiger charge is 2.17. The number of carbonyl (C=O) groups is 1. The number of hydrogen-bond donors (Lipinski definition) is 0. The average Bonchev–Trinajstić information content (AvgIpc) is 2.99. The predicted octanol–water partition coefficient (Wildman–Crippen LogP) is 2.90. The first kappa shape index (κ1) is 15.9. The van der Waals surface area contributed by atoms with E-state index in [1.54, 1.807) is 12.4 Å². The maximum atomic E-state index is 12.1. The van der Waals surface area contributed by atoms with Crippen LogP contribution in [-0.2, 0) is 11.3 Å². The summed E-state index contributed by atoms with van der Waals surface area (Å²) in [6, 6.07) is 1.86. The quantitative estimate of drug-likeness (QED) is 0.802. The lowest BCUT2D eigenvalue weighted by Gasteiger charge is -2.27. The summed E-state index contributed by atoms with van der Waals surface area (Å²) in [7, 11) is 0. The van der Waals surface area contributed by atoms with Gasteiger partial charge in [-0.2, -0.15) is 0 Å². The van der Waals surface area contributed by atoms with Crippen molar-refractivity contribution >= 4 is 23.3 Å². The van der Waals surface area contributed by atoms with E-state index in [2.05, 4.69) is 19.9 Å². The van der Waals surface area contributed by atoms with Crippen LogP contribution in [-0.4, -0.2) is 34.0 Å². The molecule has 0 aliphatic carbocycles. The fourth-order valence-electron chi connectivity index (χ4n) is 2.63. The molecule has 3 heterocycles. The van der Waals surface area contributed by atoms with Crippen LogP contribution in [0.25, 0.3) is 0 Å². The van der Waals surface area contributed by atoms with E-state index in [9.17, 15) is 4.79 Å². The number of rotatable bonds is 4. The molecule has 1 aliphatic rings. The second-order valence-electron chi connectivity index (χ2n) is 5.69. The number of aryl methyl sites for hydroxylation is 2. The number of hydrogen-bond acceptors (Lipinski definition) is 7. The molecule has 2 aromatic heterocycles. The monoisotopic (exact) mass is 332 g/mol. The standard InChI is InChI=1S/C16H20N4O2S/c1-11-8-13(9-22-15(21)14-12(2)17-10-23-14)19-16(18-11)20-6-4-3-5-7-20/h8,10H,3-7,9H2,1-2H3. The average molecular weight is 332 g/mol. The number of ether oxygens (including phenoxy) is 1. The van der Waals surface area contributed by atoms with E-state index in [0.717, 1.165) is 30.4 Å². The summed E-state index contributed by atoms with van der Waals surface area (Å²) < 4.78 is 5.37. The van der Waals surface area contributed by atoms with Crippen LogP contribution in [0.1, 0.15) is 46.0 Å². The van der Waals surface area contributed by atoms with Gasteiger partial charge in [-0.1, -0.05) is 0 Å². The Hall–Kier alpha value is -2.02. The Bertz CT molecular complexity index is 695. The third-order valence-corrected chi connectivity index (χ3v) is 4.73. The lowest BCUT2D eigenvalue weighted by Crippen LogP contribution is -2.31. The van der Waals surface area contributed by atoms with Crippen LogP contribution in [0.3, 0.4) is 0 Å². The lowest BCUT2D eigenvalue weighted by molar-refractivity contribution is 0.0472. The Morgan fingerprint density at radius 3 is 2.74 bits per heavy atom. The molecule has 3 rings (SSSR count). The summed E-state index contributed by atoms with van der Waals surface area (Å²) in [4.78, 5) is 28.0. The van der Waals surface area contributed by atoms with Gasteiger partial charge in [-0.3, -0.25) is 0 Å². The molecule has 0 radical (unpaired) electrons. The Kier molecular flexibility index (Phi) is 4.85. The van der Waals surface area contributed by atoms with Gasteiger partial charge in [-0.25, -0.2) is 19.7 Å². The van der Waals surface area contributed by atoms with Gasteiger partial charge in [0.05, 0.1) is 16.9 Å². The highest BCUT2D eigenvalue weighted by Crippen LogP contribution is 2.18. The van der Waals surface area contributed by atoms with Crippen LogP contribution in [0, 0.1) is 13.8 Å². The number of piperidine rings is 1. The first-order valence-corrected chi connectivity index (χ1v) is 8.68. The molecule has 1 fully saturated rings. The summed E-state index contributed by atoms with van der Waals surface area (Å²) in [6.45, 7) is 5.87. The Morgan fingerprint density at radius 2 is 2.04 bits per heavy atom. The van der Waals surface area contributed by atoms with Gasteiger partial charge in [-0.15, -0.1) is 11.3 Å². The van der Waals surface area contributed by atoms with Gasteiger partial charge in [0.25, 0.3) is 0 Å². The molecule has 6 nitrogen and oxygen atoms in total. The minimum atomic E-state index is -0.346. The highest BCUT2D eigenvalue weighted by atomic mass is 32.1. The molecule has 1 saturated heterocycles. The van der Waals surface area contributed by atoms with Crippen molar-refractivity contribution in [2.75, 3.05) is 18.0 Å². The normalized spacial score (nSPS) is 14.8. The molecule has 0 amide bonds. The molecule has 122 valence electrons. The number of thiazole rings is 1. The van der Waals surface area contributed by atoms with Crippen molar-refractivity contribution in [2.24, 2.45) is 0 Å². The third kappa shape index (κ3) is 3.85. The summed E-state index contributed by atoms with van der Waals surface area (Å²) >= 11 is 1.30. The van der Waals surface area contributed by atoms with Gasteiger partial charge in [0, 0.05) is 18.8 Å². The van der Waals surface area contributed by atoms with E-state index < -0.39 is 0 Å². The Morgan fingerprint density at radius 1 is 1.26 bits per heavy atom. The van der Waals surface area contributed by atoms with Crippen LogP contribution in [0.4, 0.5) is 5.95 Å². The zero-order chi connectivity index (χ0) is 16.2. The number of anilines is 1. The molecule has 0 unspecified atom stereocenters. The Labute approximate surface area is 139 Å².